The Kier molecular flexibility index (Phi) is 5.25. The summed E-state index contributed by atoms with van der Waals surface area (Å²) < 4.78 is 4.78. The number of hydrogen-bond acceptors (Lipinski definition) is 3. The Labute approximate surface area is 109 Å². The second-order valence-electron chi connectivity index (χ2n) is 3.19. The lowest BCUT2D eigenvalue weighted by atomic mass is 10.2. The van der Waals surface area contributed by atoms with Gasteiger partial charge in [0, 0.05) is 16.6 Å². The molecule has 0 fully saturated rings. The van der Waals surface area contributed by atoms with Gasteiger partial charge in [0.1, 0.15) is 0 Å². The molecule has 1 N–H and O–H groups in total. The van der Waals surface area contributed by atoms with E-state index in [1.165, 1.54) is 18.2 Å². The van der Waals surface area contributed by atoms with Crippen molar-refractivity contribution in [1.82, 2.24) is 5.32 Å². The van der Waals surface area contributed by atoms with Crippen LogP contribution in [0, 0.1) is 0 Å². The zero-order valence-corrected chi connectivity index (χ0v) is 10.6. The number of hydrogen-bond donors (Lipinski definition) is 1. The fraction of sp³-hybridized carbons (Fsp3) is 0.273. The highest BCUT2D eigenvalue weighted by Crippen LogP contribution is 2.19. The summed E-state index contributed by atoms with van der Waals surface area (Å²) in [5, 5.41) is 3.18. The molecule has 0 heterocycles. The van der Waals surface area contributed by atoms with Gasteiger partial charge in [-0.25, -0.2) is 4.79 Å². The molecule has 1 aromatic rings. The van der Waals surface area contributed by atoms with Crippen molar-refractivity contribution in [2.45, 2.75) is 6.92 Å². The maximum atomic E-state index is 11.5. The molecular weight excluding hydrogens is 265 g/mol. The van der Waals surface area contributed by atoms with Crippen LogP contribution in [0.2, 0.25) is 10.0 Å². The summed E-state index contributed by atoms with van der Waals surface area (Å²) in [4.78, 5) is 22.6. The first-order valence-corrected chi connectivity index (χ1v) is 5.68. The molecule has 17 heavy (non-hydrogen) atoms. The van der Waals surface area contributed by atoms with E-state index in [4.69, 9.17) is 27.9 Å². The lowest BCUT2D eigenvalue weighted by Gasteiger charge is -2.05. The maximum absolute atomic E-state index is 11.5. The number of carbonyl (C=O) groups excluding carboxylic acids is 2. The third-order valence-corrected chi connectivity index (χ3v) is 2.24. The second kappa shape index (κ2) is 6.47. The highest BCUT2D eigenvalue weighted by Gasteiger charge is 2.11. The first-order valence-electron chi connectivity index (χ1n) is 4.93. The summed E-state index contributed by atoms with van der Waals surface area (Å²) in [6.45, 7) is 1.94. The molecule has 0 aliphatic rings. The number of nitrogens with one attached hydrogen (secondary N) is 1. The number of likely N-dealkylation sites (N-methyl/N-ethyl adjacent to an activating group) is 1. The summed E-state index contributed by atoms with van der Waals surface area (Å²) in [6.07, 6.45) is 0. The molecule has 4 nitrogen and oxygen atoms in total. The van der Waals surface area contributed by atoms with Gasteiger partial charge in [0.15, 0.2) is 6.61 Å². The molecule has 1 rings (SSSR count). The van der Waals surface area contributed by atoms with Gasteiger partial charge in [-0.2, -0.15) is 0 Å². The molecule has 0 unspecified atom stereocenters. The van der Waals surface area contributed by atoms with Crippen molar-refractivity contribution in [3.8, 4) is 0 Å². The number of rotatable bonds is 4. The lowest BCUT2D eigenvalue weighted by Crippen LogP contribution is -2.28. The van der Waals surface area contributed by atoms with Crippen molar-refractivity contribution in [2.24, 2.45) is 0 Å². The highest BCUT2D eigenvalue weighted by atomic mass is 35.5. The van der Waals surface area contributed by atoms with E-state index in [1.54, 1.807) is 6.92 Å². The number of benzene rings is 1. The molecule has 0 saturated carbocycles. The van der Waals surface area contributed by atoms with E-state index in [2.05, 4.69) is 5.32 Å². The number of ether oxygens (including phenoxy) is 1. The number of esters is 1. The van der Waals surface area contributed by atoms with Crippen molar-refractivity contribution in [3.63, 3.8) is 0 Å². The van der Waals surface area contributed by atoms with Gasteiger partial charge in [0.05, 0.1) is 5.56 Å². The summed E-state index contributed by atoms with van der Waals surface area (Å²) >= 11 is 11.5. The Morgan fingerprint density at radius 2 is 1.82 bits per heavy atom. The average Bonchev–Trinajstić information content (AvgIpc) is 2.25. The zero-order chi connectivity index (χ0) is 12.8. The van der Waals surface area contributed by atoms with Gasteiger partial charge in [-0.15, -0.1) is 0 Å². The van der Waals surface area contributed by atoms with Crippen LogP contribution < -0.4 is 5.32 Å². The average molecular weight is 276 g/mol. The van der Waals surface area contributed by atoms with E-state index < -0.39 is 5.97 Å². The van der Waals surface area contributed by atoms with E-state index in [9.17, 15) is 9.59 Å². The smallest absolute Gasteiger partial charge is 0.338 e. The molecule has 0 spiro atoms. The van der Waals surface area contributed by atoms with Gasteiger partial charge in [-0.3, -0.25) is 4.79 Å². The molecule has 1 amide bonds. The lowest BCUT2D eigenvalue weighted by molar-refractivity contribution is -0.124. The maximum Gasteiger partial charge on any atom is 0.338 e. The number of amides is 1. The first kappa shape index (κ1) is 13.8. The van der Waals surface area contributed by atoms with Crippen LogP contribution >= 0.6 is 23.2 Å². The van der Waals surface area contributed by atoms with Gasteiger partial charge >= 0.3 is 5.97 Å². The van der Waals surface area contributed by atoms with Crippen molar-refractivity contribution in [2.75, 3.05) is 13.2 Å². The third kappa shape index (κ3) is 4.63. The molecule has 0 atom stereocenters. The van der Waals surface area contributed by atoms with E-state index >= 15 is 0 Å². The predicted octanol–water partition coefficient (Wildman–Crippen LogP) is 2.29. The third-order valence-electron chi connectivity index (χ3n) is 1.81. The Morgan fingerprint density at radius 1 is 1.24 bits per heavy atom. The minimum atomic E-state index is -0.638. The van der Waals surface area contributed by atoms with Crippen LogP contribution in [0.1, 0.15) is 17.3 Å². The molecule has 0 aliphatic heterocycles. The van der Waals surface area contributed by atoms with Crippen molar-refractivity contribution < 1.29 is 14.3 Å². The standard InChI is InChI=1S/C11H11Cl2NO3/c1-2-14-10(15)6-17-11(16)7-3-8(12)5-9(13)4-7/h3-5H,2,6H2,1H3,(H,14,15). The molecule has 92 valence electrons. The minimum Gasteiger partial charge on any atom is -0.452 e. The Bertz CT molecular complexity index is 414. The second-order valence-corrected chi connectivity index (χ2v) is 4.06. The first-order chi connectivity index (χ1) is 8.02. The van der Waals surface area contributed by atoms with Crippen molar-refractivity contribution in [1.29, 1.82) is 0 Å². The van der Waals surface area contributed by atoms with Gasteiger partial charge in [-0.05, 0) is 25.1 Å². The van der Waals surface area contributed by atoms with Crippen LogP contribution in [-0.4, -0.2) is 25.0 Å². The molecular formula is C11H11Cl2NO3. The molecule has 6 heteroatoms. The van der Waals surface area contributed by atoms with Crippen LogP contribution in [0.25, 0.3) is 0 Å². The fourth-order valence-electron chi connectivity index (χ4n) is 1.13. The van der Waals surface area contributed by atoms with Crippen LogP contribution in [0.3, 0.4) is 0 Å². The Balaban J connectivity index is 2.61. The van der Waals surface area contributed by atoms with Crippen LogP contribution in [0.15, 0.2) is 18.2 Å². The van der Waals surface area contributed by atoms with Gasteiger partial charge in [0.25, 0.3) is 5.91 Å². The number of carbonyl (C=O) groups is 2. The molecule has 1 aromatic carbocycles. The SMILES string of the molecule is CCNC(=O)COC(=O)c1cc(Cl)cc(Cl)c1. The molecule has 0 saturated heterocycles. The van der Waals surface area contributed by atoms with E-state index in [0.29, 0.717) is 16.6 Å². The van der Waals surface area contributed by atoms with E-state index in [0.717, 1.165) is 0 Å². The monoisotopic (exact) mass is 275 g/mol. The van der Waals surface area contributed by atoms with Crippen LogP contribution in [0.5, 0.6) is 0 Å². The zero-order valence-electron chi connectivity index (χ0n) is 9.13. The topological polar surface area (TPSA) is 55.4 Å². The largest absolute Gasteiger partial charge is 0.452 e. The summed E-state index contributed by atoms with van der Waals surface area (Å²) in [5.74, 6) is -0.991. The molecule has 0 radical (unpaired) electrons. The summed E-state index contributed by atoms with van der Waals surface area (Å²) in [6, 6.07) is 4.35. The van der Waals surface area contributed by atoms with Gasteiger partial charge in [0.2, 0.25) is 0 Å². The summed E-state index contributed by atoms with van der Waals surface area (Å²) in [5.41, 5.74) is 0.215. The quantitative estimate of drug-likeness (QED) is 0.858. The van der Waals surface area contributed by atoms with E-state index in [1.807, 2.05) is 0 Å². The normalized spacial score (nSPS) is 9.82. The fourth-order valence-corrected chi connectivity index (χ4v) is 1.66. The minimum absolute atomic E-state index is 0.215. The van der Waals surface area contributed by atoms with Crippen molar-refractivity contribution >= 4 is 35.1 Å². The number of halogens is 2. The summed E-state index contributed by atoms with van der Waals surface area (Å²) in [7, 11) is 0. The molecule has 0 aromatic heterocycles. The Hall–Kier alpha value is -1.26. The molecule has 0 aliphatic carbocycles. The Morgan fingerprint density at radius 3 is 2.35 bits per heavy atom. The van der Waals surface area contributed by atoms with Gasteiger partial charge < -0.3 is 10.1 Å². The van der Waals surface area contributed by atoms with Crippen LogP contribution in [0.4, 0.5) is 0 Å². The van der Waals surface area contributed by atoms with Gasteiger partial charge in [-0.1, -0.05) is 23.2 Å². The predicted molar refractivity (Wildman–Crippen MR) is 65.4 cm³/mol. The van der Waals surface area contributed by atoms with E-state index in [-0.39, 0.29) is 18.1 Å². The van der Waals surface area contributed by atoms with Crippen molar-refractivity contribution in [3.05, 3.63) is 33.8 Å². The van der Waals surface area contributed by atoms with Crippen LogP contribution in [-0.2, 0) is 9.53 Å². The molecule has 0 bridgehead atoms. The highest BCUT2D eigenvalue weighted by molar-refractivity contribution is 6.35.